The van der Waals surface area contributed by atoms with E-state index in [9.17, 15) is 4.79 Å². The van der Waals surface area contributed by atoms with Crippen LogP contribution in [0.1, 0.15) is 21.5 Å². The molecular weight excluding hydrogens is 302 g/mol. The molecule has 0 bridgehead atoms. The number of amides is 1. The van der Waals surface area contributed by atoms with Gasteiger partial charge in [-0.25, -0.2) is 0 Å². The lowest BCUT2D eigenvalue weighted by atomic mass is 10.1. The summed E-state index contributed by atoms with van der Waals surface area (Å²) in [6, 6.07) is 15.6. The summed E-state index contributed by atoms with van der Waals surface area (Å²) in [7, 11) is 0. The van der Waals surface area contributed by atoms with Gasteiger partial charge in [-0.15, -0.1) is 0 Å². The Labute approximate surface area is 122 Å². The first kappa shape index (κ1) is 13.8. The number of carbonyl (C=O) groups excluding carboxylic acids is 1. The molecule has 0 aromatic heterocycles. The van der Waals surface area contributed by atoms with Crippen molar-refractivity contribution in [2.75, 3.05) is 5.32 Å². The SMILES string of the molecule is Cc1cccc(C)c1NC(=O)[C@@H](Br)c1ccccc1. The van der Waals surface area contributed by atoms with Crippen LogP contribution in [0.25, 0.3) is 0 Å². The van der Waals surface area contributed by atoms with Crippen LogP contribution in [0, 0.1) is 13.8 Å². The van der Waals surface area contributed by atoms with Crippen LogP contribution >= 0.6 is 15.9 Å². The van der Waals surface area contributed by atoms with Crippen molar-refractivity contribution in [1.82, 2.24) is 0 Å². The maximum atomic E-state index is 12.3. The van der Waals surface area contributed by atoms with Gasteiger partial charge in [0.1, 0.15) is 4.83 Å². The van der Waals surface area contributed by atoms with Crippen molar-refractivity contribution in [3.63, 3.8) is 0 Å². The Morgan fingerprint density at radius 3 is 2.16 bits per heavy atom. The quantitative estimate of drug-likeness (QED) is 0.836. The number of anilines is 1. The average Bonchev–Trinajstić information content (AvgIpc) is 2.43. The predicted octanol–water partition coefficient (Wildman–Crippen LogP) is 4.38. The van der Waals surface area contributed by atoms with Crippen LogP contribution in [0.15, 0.2) is 48.5 Å². The summed E-state index contributed by atoms with van der Waals surface area (Å²) in [5.74, 6) is -0.0522. The standard InChI is InChI=1S/C16H16BrNO/c1-11-7-6-8-12(2)15(11)18-16(19)14(17)13-9-4-3-5-10-13/h3-10,14H,1-2H3,(H,18,19)/t14-/m0/s1. The molecule has 0 radical (unpaired) electrons. The van der Waals surface area contributed by atoms with Gasteiger partial charge < -0.3 is 5.32 Å². The van der Waals surface area contributed by atoms with Gasteiger partial charge in [-0.1, -0.05) is 64.5 Å². The molecule has 19 heavy (non-hydrogen) atoms. The molecule has 2 rings (SSSR count). The maximum absolute atomic E-state index is 12.3. The Morgan fingerprint density at radius 1 is 1.00 bits per heavy atom. The molecule has 1 N–H and O–H groups in total. The second-order valence-corrected chi connectivity index (χ2v) is 5.44. The third kappa shape index (κ3) is 3.24. The highest BCUT2D eigenvalue weighted by molar-refractivity contribution is 9.09. The third-order valence-corrected chi connectivity index (χ3v) is 4.00. The van der Waals surface area contributed by atoms with E-state index in [0.717, 1.165) is 22.4 Å². The average molecular weight is 318 g/mol. The molecule has 0 saturated heterocycles. The van der Waals surface area contributed by atoms with Crippen LogP contribution in [0.5, 0.6) is 0 Å². The first-order chi connectivity index (χ1) is 9.09. The second-order valence-electron chi connectivity index (χ2n) is 4.53. The number of rotatable bonds is 3. The number of aryl methyl sites for hydroxylation is 2. The molecule has 0 aliphatic carbocycles. The van der Waals surface area contributed by atoms with Crippen LogP contribution in [0.2, 0.25) is 0 Å². The van der Waals surface area contributed by atoms with E-state index in [-0.39, 0.29) is 10.7 Å². The van der Waals surface area contributed by atoms with Crippen molar-refractivity contribution in [3.8, 4) is 0 Å². The van der Waals surface area contributed by atoms with Crippen molar-refractivity contribution in [2.24, 2.45) is 0 Å². The first-order valence-electron chi connectivity index (χ1n) is 6.15. The molecule has 0 unspecified atom stereocenters. The van der Waals surface area contributed by atoms with Gasteiger partial charge in [0, 0.05) is 5.69 Å². The number of hydrogen-bond acceptors (Lipinski definition) is 1. The number of nitrogens with one attached hydrogen (secondary N) is 1. The Bertz CT molecular complexity index is 560. The highest BCUT2D eigenvalue weighted by Gasteiger charge is 2.18. The summed E-state index contributed by atoms with van der Waals surface area (Å²) < 4.78 is 0. The molecule has 0 heterocycles. The van der Waals surface area contributed by atoms with Crippen LogP contribution in [-0.4, -0.2) is 5.91 Å². The minimum atomic E-state index is -0.340. The highest BCUT2D eigenvalue weighted by atomic mass is 79.9. The molecular formula is C16H16BrNO. The number of alkyl halides is 1. The van der Waals surface area contributed by atoms with E-state index in [2.05, 4.69) is 21.2 Å². The number of carbonyl (C=O) groups is 1. The van der Waals surface area contributed by atoms with Crippen LogP contribution < -0.4 is 5.32 Å². The molecule has 98 valence electrons. The fourth-order valence-electron chi connectivity index (χ4n) is 1.97. The number of halogens is 1. The molecule has 1 amide bonds. The first-order valence-corrected chi connectivity index (χ1v) is 7.07. The summed E-state index contributed by atoms with van der Waals surface area (Å²) in [4.78, 5) is 11.9. The minimum absolute atomic E-state index is 0.0522. The lowest BCUT2D eigenvalue weighted by Crippen LogP contribution is -2.18. The van der Waals surface area contributed by atoms with Crippen LogP contribution in [0.3, 0.4) is 0 Å². The molecule has 1 atom stereocenters. The van der Waals surface area contributed by atoms with Gasteiger partial charge in [0.05, 0.1) is 0 Å². The van der Waals surface area contributed by atoms with Gasteiger partial charge in [-0.3, -0.25) is 4.79 Å². The molecule has 3 heteroatoms. The summed E-state index contributed by atoms with van der Waals surface area (Å²) >= 11 is 3.45. The number of hydrogen-bond donors (Lipinski definition) is 1. The Balaban J connectivity index is 2.18. The summed E-state index contributed by atoms with van der Waals surface area (Å²) in [6.07, 6.45) is 0. The smallest absolute Gasteiger partial charge is 0.242 e. The van der Waals surface area contributed by atoms with Gasteiger partial charge in [0.25, 0.3) is 0 Å². The van der Waals surface area contributed by atoms with E-state index in [0.29, 0.717) is 0 Å². The Morgan fingerprint density at radius 2 is 1.58 bits per heavy atom. The molecule has 0 fully saturated rings. The van der Waals surface area contributed by atoms with Gasteiger partial charge in [-0.2, -0.15) is 0 Å². The molecule has 2 nitrogen and oxygen atoms in total. The lowest BCUT2D eigenvalue weighted by molar-refractivity contribution is -0.115. The van der Waals surface area contributed by atoms with Crippen LogP contribution in [-0.2, 0) is 4.79 Å². The van der Waals surface area contributed by atoms with Crippen molar-refractivity contribution in [3.05, 3.63) is 65.2 Å². The third-order valence-electron chi connectivity index (χ3n) is 3.05. The van der Waals surface area contributed by atoms with E-state index < -0.39 is 0 Å². The fourth-order valence-corrected chi connectivity index (χ4v) is 2.39. The van der Waals surface area contributed by atoms with E-state index >= 15 is 0 Å². The Hall–Kier alpha value is -1.61. The summed E-state index contributed by atoms with van der Waals surface area (Å²) in [6.45, 7) is 3.99. The van der Waals surface area contributed by atoms with Crippen molar-refractivity contribution in [1.29, 1.82) is 0 Å². The molecule has 0 spiro atoms. The number of para-hydroxylation sites is 1. The van der Waals surface area contributed by atoms with Gasteiger partial charge in [0.2, 0.25) is 5.91 Å². The van der Waals surface area contributed by atoms with Gasteiger partial charge in [-0.05, 0) is 30.5 Å². The predicted molar refractivity (Wildman–Crippen MR) is 82.7 cm³/mol. The van der Waals surface area contributed by atoms with Crippen molar-refractivity contribution < 1.29 is 4.79 Å². The molecule has 0 saturated carbocycles. The van der Waals surface area contributed by atoms with Crippen LogP contribution in [0.4, 0.5) is 5.69 Å². The molecule has 2 aromatic carbocycles. The lowest BCUT2D eigenvalue weighted by Gasteiger charge is -2.14. The normalized spacial score (nSPS) is 11.9. The van der Waals surface area contributed by atoms with Crippen molar-refractivity contribution in [2.45, 2.75) is 18.7 Å². The molecule has 2 aromatic rings. The highest BCUT2D eigenvalue weighted by Crippen LogP contribution is 2.26. The zero-order chi connectivity index (χ0) is 13.8. The monoisotopic (exact) mass is 317 g/mol. The zero-order valence-electron chi connectivity index (χ0n) is 11.0. The topological polar surface area (TPSA) is 29.1 Å². The molecule has 0 aliphatic heterocycles. The largest absolute Gasteiger partial charge is 0.324 e. The Kier molecular flexibility index (Phi) is 4.38. The zero-order valence-corrected chi connectivity index (χ0v) is 12.6. The fraction of sp³-hybridized carbons (Fsp3) is 0.188. The van der Waals surface area contributed by atoms with Gasteiger partial charge >= 0.3 is 0 Å². The number of benzene rings is 2. The van der Waals surface area contributed by atoms with Gasteiger partial charge in [0.15, 0.2) is 0 Å². The van der Waals surface area contributed by atoms with E-state index in [4.69, 9.17) is 0 Å². The summed E-state index contributed by atoms with van der Waals surface area (Å²) in [5, 5.41) is 2.99. The summed E-state index contributed by atoms with van der Waals surface area (Å²) in [5.41, 5.74) is 3.99. The van der Waals surface area contributed by atoms with E-state index in [1.165, 1.54) is 0 Å². The second kappa shape index (κ2) is 6.02. The minimum Gasteiger partial charge on any atom is -0.324 e. The molecule has 0 aliphatic rings. The van der Waals surface area contributed by atoms with Crippen molar-refractivity contribution >= 4 is 27.5 Å². The van der Waals surface area contributed by atoms with E-state index in [1.54, 1.807) is 0 Å². The van der Waals surface area contributed by atoms with E-state index in [1.807, 2.05) is 62.4 Å². The maximum Gasteiger partial charge on any atom is 0.242 e.